The molecule has 6 nitrogen and oxygen atoms in total. The Labute approximate surface area is 81.4 Å². The van der Waals surface area contributed by atoms with Crippen LogP contribution in [0.5, 0.6) is 0 Å². The summed E-state index contributed by atoms with van der Waals surface area (Å²) in [6.07, 6.45) is 4.29. The second-order valence-corrected chi connectivity index (χ2v) is 1.72. The highest BCUT2D eigenvalue weighted by Crippen LogP contribution is 1.66. The van der Waals surface area contributed by atoms with Crippen LogP contribution in [0.4, 0.5) is 0 Å². The van der Waals surface area contributed by atoms with E-state index < -0.39 is 11.9 Å². The van der Waals surface area contributed by atoms with Crippen LogP contribution < -0.4 is 0 Å². The van der Waals surface area contributed by atoms with Gasteiger partial charge >= 0.3 is 0 Å². The number of aliphatic carboxylic acids is 2. The Kier molecular flexibility index (Phi) is 22.0. The van der Waals surface area contributed by atoms with Crippen molar-refractivity contribution in [3.05, 3.63) is 24.7 Å². The first-order valence-corrected chi connectivity index (χ1v) is 3.37. The highest BCUT2D eigenvalue weighted by atomic mass is 16.4. The average molecular weight is 206 g/mol. The molecule has 0 atom stereocenters. The second-order valence-electron chi connectivity index (χ2n) is 1.72. The first-order valence-electron chi connectivity index (χ1n) is 3.37. The fourth-order valence-electron chi connectivity index (χ4n) is 0.0994. The number of aliphatic hydroxyl groups excluding tert-OH is 2. The van der Waals surface area contributed by atoms with Gasteiger partial charge in [-0.15, -0.1) is 0 Å². The lowest BCUT2D eigenvalue weighted by Crippen LogP contribution is -1.78. The number of allylic oxidation sites excluding steroid dienone is 2. The Balaban J connectivity index is -0.000000135. The van der Waals surface area contributed by atoms with Crippen molar-refractivity contribution in [1.29, 1.82) is 0 Å². The number of hydrogen-bond acceptors (Lipinski definition) is 4. The van der Waals surface area contributed by atoms with Gasteiger partial charge in [-0.2, -0.15) is 0 Å². The van der Waals surface area contributed by atoms with Gasteiger partial charge in [-0.1, -0.05) is 0 Å². The molecule has 0 spiro atoms. The third kappa shape index (κ3) is 784. The van der Waals surface area contributed by atoms with Gasteiger partial charge < -0.3 is 20.4 Å². The summed E-state index contributed by atoms with van der Waals surface area (Å²) in [5.41, 5.74) is 0. The van der Waals surface area contributed by atoms with Crippen molar-refractivity contribution in [2.75, 3.05) is 0 Å². The molecule has 0 aliphatic carbocycles. The molecule has 0 radical (unpaired) electrons. The van der Waals surface area contributed by atoms with E-state index in [-0.39, 0.29) is 0 Å². The minimum Gasteiger partial charge on any atom is -0.516 e. The van der Waals surface area contributed by atoms with Crippen molar-refractivity contribution < 1.29 is 30.0 Å². The number of carboxylic acid groups (broad SMARTS) is 2. The minimum absolute atomic E-state index is 0.833. The SMILES string of the molecule is CC(=O)O.CC(=O)O.O/C=C/C=C/O. The average Bonchev–Trinajstić information content (AvgIpc) is 1.98. The Morgan fingerprint density at radius 3 is 1.07 bits per heavy atom. The van der Waals surface area contributed by atoms with Gasteiger partial charge in [-0.25, -0.2) is 0 Å². The highest BCUT2D eigenvalue weighted by Gasteiger charge is 1.65. The van der Waals surface area contributed by atoms with Crippen LogP contribution in [0.15, 0.2) is 24.7 Å². The number of rotatable bonds is 1. The van der Waals surface area contributed by atoms with Crippen LogP contribution in [0.3, 0.4) is 0 Å². The lowest BCUT2D eigenvalue weighted by atomic mass is 10.6. The third-order valence-corrected chi connectivity index (χ3v) is 0.283. The van der Waals surface area contributed by atoms with Crippen LogP contribution in [0.25, 0.3) is 0 Å². The van der Waals surface area contributed by atoms with Crippen molar-refractivity contribution in [2.24, 2.45) is 0 Å². The van der Waals surface area contributed by atoms with Crippen molar-refractivity contribution in [3.63, 3.8) is 0 Å². The molecule has 0 aromatic heterocycles. The molecule has 0 rings (SSSR count). The molecule has 14 heavy (non-hydrogen) atoms. The van der Waals surface area contributed by atoms with Gasteiger partial charge in [0.1, 0.15) is 0 Å². The Bertz CT molecular complexity index is 164. The third-order valence-electron chi connectivity index (χ3n) is 0.283. The van der Waals surface area contributed by atoms with E-state index in [4.69, 9.17) is 30.0 Å². The Hall–Kier alpha value is -1.98. The zero-order valence-electron chi connectivity index (χ0n) is 7.91. The van der Waals surface area contributed by atoms with Crippen molar-refractivity contribution in [2.45, 2.75) is 13.8 Å². The van der Waals surface area contributed by atoms with Crippen LogP contribution in [0.2, 0.25) is 0 Å². The van der Waals surface area contributed by atoms with E-state index in [9.17, 15) is 0 Å². The molecule has 0 aromatic rings. The quantitative estimate of drug-likeness (QED) is 0.380. The topological polar surface area (TPSA) is 115 Å². The summed E-state index contributed by atoms with van der Waals surface area (Å²) in [6.45, 7) is 2.17. The van der Waals surface area contributed by atoms with E-state index in [1.165, 1.54) is 12.2 Å². The minimum atomic E-state index is -0.833. The van der Waals surface area contributed by atoms with E-state index in [1.54, 1.807) is 0 Å². The first-order chi connectivity index (χ1) is 6.38. The standard InChI is InChI=1S/C4H6O2.2C2H4O2/c5-3-1-2-4-6;2*1-2(3)4/h1-6H;2*1H3,(H,3,4)/b3-1+,4-2+;;. The van der Waals surface area contributed by atoms with Gasteiger partial charge in [0, 0.05) is 13.8 Å². The van der Waals surface area contributed by atoms with Gasteiger partial charge in [-0.3, -0.25) is 9.59 Å². The van der Waals surface area contributed by atoms with Crippen molar-refractivity contribution >= 4 is 11.9 Å². The van der Waals surface area contributed by atoms with Gasteiger partial charge in [0.25, 0.3) is 11.9 Å². The van der Waals surface area contributed by atoms with E-state index in [0.717, 1.165) is 26.4 Å². The molecule has 0 unspecified atom stereocenters. The van der Waals surface area contributed by atoms with E-state index >= 15 is 0 Å². The van der Waals surface area contributed by atoms with Gasteiger partial charge in [-0.05, 0) is 12.2 Å². The summed E-state index contributed by atoms with van der Waals surface area (Å²) in [4.78, 5) is 18.0. The first kappa shape index (κ1) is 17.9. The Morgan fingerprint density at radius 1 is 0.857 bits per heavy atom. The van der Waals surface area contributed by atoms with Crippen molar-refractivity contribution in [3.8, 4) is 0 Å². The molecular weight excluding hydrogens is 192 g/mol. The summed E-state index contributed by atoms with van der Waals surface area (Å²) in [7, 11) is 0. The monoisotopic (exact) mass is 206 g/mol. The molecule has 82 valence electrons. The van der Waals surface area contributed by atoms with Crippen molar-refractivity contribution in [1.82, 2.24) is 0 Å². The molecule has 0 bridgehead atoms. The maximum absolute atomic E-state index is 9.00. The predicted octanol–water partition coefficient (Wildman–Crippen LogP) is 1.31. The summed E-state index contributed by atoms with van der Waals surface area (Å²) >= 11 is 0. The van der Waals surface area contributed by atoms with Crippen LogP contribution in [0.1, 0.15) is 13.8 Å². The van der Waals surface area contributed by atoms with Crippen LogP contribution in [-0.4, -0.2) is 32.4 Å². The zero-order chi connectivity index (χ0) is 12.0. The Morgan fingerprint density at radius 2 is 1.00 bits per heavy atom. The van der Waals surface area contributed by atoms with E-state index in [0.29, 0.717) is 0 Å². The number of carboxylic acids is 2. The molecule has 0 aliphatic rings. The smallest absolute Gasteiger partial charge is 0.300 e. The highest BCUT2D eigenvalue weighted by molar-refractivity contribution is 5.63. The lowest BCUT2D eigenvalue weighted by Gasteiger charge is -1.63. The predicted molar refractivity (Wildman–Crippen MR) is 50.2 cm³/mol. The number of hydrogen-bond donors (Lipinski definition) is 4. The lowest BCUT2D eigenvalue weighted by molar-refractivity contribution is -0.135. The van der Waals surface area contributed by atoms with E-state index in [1.807, 2.05) is 0 Å². The molecule has 0 heterocycles. The van der Waals surface area contributed by atoms with Gasteiger partial charge in [0.05, 0.1) is 12.5 Å². The molecule has 4 N–H and O–H groups in total. The summed E-state index contributed by atoms with van der Waals surface area (Å²) in [5.74, 6) is -1.67. The van der Waals surface area contributed by atoms with Crippen LogP contribution in [-0.2, 0) is 9.59 Å². The fourth-order valence-corrected chi connectivity index (χ4v) is 0.0994. The summed E-state index contributed by atoms with van der Waals surface area (Å²) < 4.78 is 0. The van der Waals surface area contributed by atoms with Gasteiger partial charge in [0.15, 0.2) is 0 Å². The maximum Gasteiger partial charge on any atom is 0.300 e. The molecular formula is C8H14O6. The summed E-state index contributed by atoms with van der Waals surface area (Å²) in [6, 6.07) is 0. The largest absolute Gasteiger partial charge is 0.516 e. The molecule has 0 saturated carbocycles. The number of carbonyl (C=O) groups is 2. The van der Waals surface area contributed by atoms with Crippen LogP contribution >= 0.6 is 0 Å². The van der Waals surface area contributed by atoms with E-state index in [2.05, 4.69) is 0 Å². The fraction of sp³-hybridized carbons (Fsp3) is 0.250. The normalized spacial score (nSPS) is 8.43. The van der Waals surface area contributed by atoms with Gasteiger partial charge in [0.2, 0.25) is 0 Å². The maximum atomic E-state index is 9.00. The molecule has 0 aromatic carbocycles. The summed E-state index contributed by atoms with van der Waals surface area (Å²) in [5, 5.41) is 30.5. The molecule has 0 aliphatic heterocycles. The second kappa shape index (κ2) is 17.2. The molecule has 0 amide bonds. The molecule has 0 fully saturated rings. The zero-order valence-corrected chi connectivity index (χ0v) is 7.91. The number of aliphatic hydroxyl groups is 2. The van der Waals surface area contributed by atoms with Crippen LogP contribution in [0, 0.1) is 0 Å². The molecule has 6 heteroatoms. The molecule has 0 saturated heterocycles.